The quantitative estimate of drug-likeness (QED) is 0.941. The molecule has 3 rings (SSSR count). The van der Waals surface area contributed by atoms with Gasteiger partial charge in [-0.05, 0) is 31.0 Å². The predicted molar refractivity (Wildman–Crippen MR) is 75.6 cm³/mol. The Morgan fingerprint density at radius 3 is 2.80 bits per heavy atom. The summed E-state index contributed by atoms with van der Waals surface area (Å²) in [6.45, 7) is 0. The first kappa shape index (κ1) is 13.4. The Labute approximate surface area is 122 Å². The third-order valence-corrected chi connectivity index (χ3v) is 3.99. The van der Waals surface area contributed by atoms with Crippen molar-refractivity contribution in [2.24, 2.45) is 5.73 Å². The molecule has 6 heteroatoms. The monoisotopic (exact) mass is 293 g/mol. The lowest BCUT2D eigenvalue weighted by molar-refractivity contribution is 0.370. The smallest absolute Gasteiger partial charge is 0.261 e. The summed E-state index contributed by atoms with van der Waals surface area (Å²) in [6.07, 6.45) is 3.97. The average Bonchev–Trinajstić information content (AvgIpc) is 3.08. The zero-order valence-electron chi connectivity index (χ0n) is 11.2. The van der Waals surface area contributed by atoms with Crippen LogP contribution in [0, 0.1) is 0 Å². The van der Waals surface area contributed by atoms with Crippen molar-refractivity contribution in [1.82, 2.24) is 10.1 Å². The molecule has 2 aromatic rings. The van der Waals surface area contributed by atoms with Gasteiger partial charge in [0.25, 0.3) is 5.89 Å². The van der Waals surface area contributed by atoms with Gasteiger partial charge in [0.15, 0.2) is 5.82 Å². The molecule has 1 aliphatic carbocycles. The van der Waals surface area contributed by atoms with Crippen LogP contribution in [0.4, 0.5) is 0 Å². The van der Waals surface area contributed by atoms with Crippen molar-refractivity contribution in [2.45, 2.75) is 31.2 Å². The van der Waals surface area contributed by atoms with Crippen molar-refractivity contribution < 1.29 is 9.26 Å². The zero-order chi connectivity index (χ0) is 14.2. The maximum atomic E-state index is 6.33. The van der Waals surface area contributed by atoms with Gasteiger partial charge in [-0.2, -0.15) is 4.98 Å². The van der Waals surface area contributed by atoms with E-state index in [9.17, 15) is 0 Å². The molecule has 2 N–H and O–H groups in total. The van der Waals surface area contributed by atoms with Gasteiger partial charge in [0.2, 0.25) is 0 Å². The van der Waals surface area contributed by atoms with Crippen LogP contribution in [0.5, 0.6) is 5.75 Å². The predicted octanol–water partition coefficient (Wildman–Crippen LogP) is 3.13. The van der Waals surface area contributed by atoms with E-state index in [1.165, 1.54) is 0 Å². The molecule has 1 saturated carbocycles. The molecule has 0 aliphatic heterocycles. The molecule has 106 valence electrons. The highest BCUT2D eigenvalue weighted by molar-refractivity contribution is 6.30. The van der Waals surface area contributed by atoms with E-state index in [-0.39, 0.29) is 0 Å². The SMILES string of the molecule is COc1ccc(Cl)cc1-c1nc(C2(N)CCCC2)no1. The third kappa shape index (κ3) is 2.27. The van der Waals surface area contributed by atoms with Crippen molar-refractivity contribution in [2.75, 3.05) is 7.11 Å². The van der Waals surface area contributed by atoms with Crippen molar-refractivity contribution in [1.29, 1.82) is 0 Å². The van der Waals surface area contributed by atoms with E-state index in [1.807, 2.05) is 0 Å². The largest absolute Gasteiger partial charge is 0.496 e. The molecule has 1 aromatic carbocycles. The fourth-order valence-electron chi connectivity index (χ4n) is 2.61. The summed E-state index contributed by atoms with van der Waals surface area (Å²) in [5.74, 6) is 1.59. The van der Waals surface area contributed by atoms with Gasteiger partial charge in [-0.3, -0.25) is 0 Å². The van der Waals surface area contributed by atoms with Gasteiger partial charge in [-0.1, -0.05) is 29.6 Å². The molecule has 5 nitrogen and oxygen atoms in total. The van der Waals surface area contributed by atoms with Gasteiger partial charge < -0.3 is 15.0 Å². The molecule has 0 radical (unpaired) electrons. The first-order valence-electron chi connectivity index (χ1n) is 6.59. The van der Waals surface area contributed by atoms with Crippen LogP contribution in [0.15, 0.2) is 22.7 Å². The maximum Gasteiger partial charge on any atom is 0.261 e. The second-order valence-electron chi connectivity index (χ2n) is 5.13. The van der Waals surface area contributed by atoms with E-state index in [0.29, 0.717) is 28.1 Å². The number of nitrogens with zero attached hydrogens (tertiary/aromatic N) is 2. The first-order valence-corrected chi connectivity index (χ1v) is 6.97. The number of aromatic nitrogens is 2. The number of hydrogen-bond donors (Lipinski definition) is 1. The van der Waals surface area contributed by atoms with Gasteiger partial charge in [-0.25, -0.2) is 0 Å². The number of benzene rings is 1. The molecule has 1 heterocycles. The fourth-order valence-corrected chi connectivity index (χ4v) is 2.78. The first-order chi connectivity index (χ1) is 9.62. The minimum absolute atomic E-state index is 0.385. The lowest BCUT2D eigenvalue weighted by Crippen LogP contribution is -2.34. The second kappa shape index (κ2) is 5.07. The highest BCUT2D eigenvalue weighted by Gasteiger charge is 2.36. The minimum Gasteiger partial charge on any atom is -0.496 e. The standard InChI is InChI=1S/C14H16ClN3O2/c1-19-11-5-4-9(15)8-10(11)12-17-13(18-20-12)14(16)6-2-3-7-14/h4-5,8H,2-3,6-7,16H2,1H3. The van der Waals surface area contributed by atoms with Crippen LogP contribution in [0.3, 0.4) is 0 Å². The van der Waals surface area contributed by atoms with Crippen molar-refractivity contribution in [3.05, 3.63) is 29.0 Å². The van der Waals surface area contributed by atoms with E-state index in [1.54, 1.807) is 25.3 Å². The molecule has 1 aliphatic rings. The van der Waals surface area contributed by atoms with Gasteiger partial charge in [0.05, 0.1) is 18.2 Å². The maximum absolute atomic E-state index is 6.33. The van der Waals surface area contributed by atoms with Crippen LogP contribution in [-0.4, -0.2) is 17.3 Å². The number of halogens is 1. The van der Waals surface area contributed by atoms with E-state index in [4.69, 9.17) is 26.6 Å². The summed E-state index contributed by atoms with van der Waals surface area (Å²) in [5.41, 5.74) is 6.55. The Morgan fingerprint density at radius 1 is 1.35 bits per heavy atom. The van der Waals surface area contributed by atoms with Crippen LogP contribution in [0.1, 0.15) is 31.5 Å². The molecule has 0 spiro atoms. The summed E-state index contributed by atoms with van der Waals surface area (Å²) >= 11 is 6.01. The van der Waals surface area contributed by atoms with Crippen molar-refractivity contribution in [3.63, 3.8) is 0 Å². The topological polar surface area (TPSA) is 74.2 Å². The van der Waals surface area contributed by atoms with E-state index < -0.39 is 5.54 Å². The Morgan fingerprint density at radius 2 is 2.10 bits per heavy atom. The lowest BCUT2D eigenvalue weighted by Gasteiger charge is -2.17. The molecule has 0 atom stereocenters. The molecule has 0 unspecified atom stereocenters. The number of hydrogen-bond acceptors (Lipinski definition) is 5. The molecule has 20 heavy (non-hydrogen) atoms. The number of methoxy groups -OCH3 is 1. The summed E-state index contributed by atoms with van der Waals surface area (Å²) < 4.78 is 10.6. The molecule has 1 fully saturated rings. The molecule has 0 saturated heterocycles. The Bertz CT molecular complexity index is 621. The van der Waals surface area contributed by atoms with Crippen molar-refractivity contribution >= 4 is 11.6 Å². The molecular weight excluding hydrogens is 278 g/mol. The van der Waals surface area contributed by atoms with Crippen LogP contribution in [-0.2, 0) is 5.54 Å². The second-order valence-corrected chi connectivity index (χ2v) is 5.57. The van der Waals surface area contributed by atoms with Crippen LogP contribution in [0.25, 0.3) is 11.5 Å². The number of nitrogens with two attached hydrogens (primary N) is 1. The summed E-state index contributed by atoms with van der Waals surface area (Å²) in [4.78, 5) is 4.44. The van der Waals surface area contributed by atoms with Crippen LogP contribution >= 0.6 is 11.6 Å². The number of ether oxygens (including phenoxy) is 1. The van der Waals surface area contributed by atoms with Gasteiger partial charge in [0, 0.05) is 5.02 Å². The summed E-state index contributed by atoms with van der Waals surface area (Å²) in [5, 5.41) is 4.63. The highest BCUT2D eigenvalue weighted by Crippen LogP contribution is 2.37. The molecule has 0 bridgehead atoms. The molecular formula is C14H16ClN3O2. The highest BCUT2D eigenvalue weighted by atomic mass is 35.5. The van der Waals surface area contributed by atoms with Crippen molar-refractivity contribution in [3.8, 4) is 17.2 Å². The normalized spacial score (nSPS) is 17.4. The molecule has 1 aromatic heterocycles. The fraction of sp³-hybridized carbons (Fsp3) is 0.429. The van der Waals surface area contributed by atoms with Crippen LogP contribution in [0.2, 0.25) is 5.02 Å². The Hall–Kier alpha value is -1.59. The molecule has 0 amide bonds. The van der Waals surface area contributed by atoms with E-state index in [2.05, 4.69) is 10.1 Å². The zero-order valence-corrected chi connectivity index (χ0v) is 12.0. The van der Waals surface area contributed by atoms with Crippen LogP contribution < -0.4 is 10.5 Å². The average molecular weight is 294 g/mol. The third-order valence-electron chi connectivity index (χ3n) is 3.76. The minimum atomic E-state index is -0.465. The summed E-state index contributed by atoms with van der Waals surface area (Å²) in [7, 11) is 1.59. The summed E-state index contributed by atoms with van der Waals surface area (Å²) in [6, 6.07) is 5.27. The number of rotatable bonds is 3. The van der Waals surface area contributed by atoms with E-state index >= 15 is 0 Å². The van der Waals surface area contributed by atoms with Gasteiger partial charge in [-0.15, -0.1) is 0 Å². The van der Waals surface area contributed by atoms with E-state index in [0.717, 1.165) is 25.7 Å². The van der Waals surface area contributed by atoms with Gasteiger partial charge in [0.1, 0.15) is 5.75 Å². The Kier molecular flexibility index (Phi) is 3.40. The lowest BCUT2D eigenvalue weighted by atomic mass is 9.99. The Balaban J connectivity index is 2.00. The van der Waals surface area contributed by atoms with Gasteiger partial charge >= 0.3 is 0 Å².